The summed E-state index contributed by atoms with van der Waals surface area (Å²) in [6.45, 7) is 6.02. The molecule has 1 heterocycles. The summed E-state index contributed by atoms with van der Waals surface area (Å²) < 4.78 is 11.4. The minimum Gasteiger partial charge on any atom is -0.484 e. The Hall–Kier alpha value is -3.60. The van der Waals surface area contributed by atoms with Crippen LogP contribution in [0.2, 0.25) is 0 Å². The second-order valence-electron chi connectivity index (χ2n) is 7.15. The number of aromatic nitrogens is 1. The lowest BCUT2D eigenvalue weighted by atomic mass is 10.1. The molecular formula is C24H22N2O3. The van der Waals surface area contributed by atoms with E-state index in [-0.39, 0.29) is 12.5 Å². The van der Waals surface area contributed by atoms with E-state index in [4.69, 9.17) is 9.15 Å². The van der Waals surface area contributed by atoms with Gasteiger partial charge in [-0.05, 0) is 74.4 Å². The third kappa shape index (κ3) is 4.29. The Morgan fingerprint density at radius 2 is 1.86 bits per heavy atom. The topological polar surface area (TPSA) is 64.4 Å². The zero-order valence-corrected chi connectivity index (χ0v) is 16.7. The zero-order chi connectivity index (χ0) is 20.4. The molecule has 4 rings (SSSR count). The monoisotopic (exact) mass is 386 g/mol. The SMILES string of the molecule is Cc1cccc(-c2nc3cc(NC(=O)COc4ccc(C)c(C)c4)ccc3o2)c1. The van der Waals surface area contributed by atoms with Gasteiger partial charge in [0, 0.05) is 11.3 Å². The molecule has 0 aliphatic heterocycles. The fourth-order valence-electron chi connectivity index (χ4n) is 3.06. The molecule has 5 nitrogen and oxygen atoms in total. The van der Waals surface area contributed by atoms with Gasteiger partial charge in [0.25, 0.3) is 5.91 Å². The maximum Gasteiger partial charge on any atom is 0.262 e. The first-order chi connectivity index (χ1) is 14.0. The molecular weight excluding hydrogens is 364 g/mol. The number of carbonyl (C=O) groups excluding carboxylic acids is 1. The molecule has 4 aromatic rings. The summed E-state index contributed by atoms with van der Waals surface area (Å²) in [6.07, 6.45) is 0. The fraction of sp³-hybridized carbons (Fsp3) is 0.167. The van der Waals surface area contributed by atoms with Crippen molar-refractivity contribution < 1.29 is 13.9 Å². The normalized spacial score (nSPS) is 10.9. The molecule has 5 heteroatoms. The Morgan fingerprint density at radius 3 is 2.66 bits per heavy atom. The van der Waals surface area contributed by atoms with E-state index in [9.17, 15) is 4.79 Å². The molecule has 0 radical (unpaired) electrons. The van der Waals surface area contributed by atoms with E-state index in [1.54, 1.807) is 18.2 Å². The summed E-state index contributed by atoms with van der Waals surface area (Å²) in [5.41, 5.74) is 6.39. The number of amides is 1. The maximum atomic E-state index is 12.3. The van der Waals surface area contributed by atoms with E-state index in [1.807, 2.05) is 63.2 Å². The van der Waals surface area contributed by atoms with Crippen LogP contribution in [-0.2, 0) is 4.79 Å². The first-order valence-corrected chi connectivity index (χ1v) is 9.45. The molecule has 0 saturated heterocycles. The number of fused-ring (bicyclic) bond motifs is 1. The lowest BCUT2D eigenvalue weighted by Crippen LogP contribution is -2.20. The Kier molecular flexibility index (Phi) is 5.04. The van der Waals surface area contributed by atoms with Gasteiger partial charge in [0.1, 0.15) is 11.3 Å². The second-order valence-corrected chi connectivity index (χ2v) is 7.15. The van der Waals surface area contributed by atoms with Crippen molar-refractivity contribution in [3.63, 3.8) is 0 Å². The van der Waals surface area contributed by atoms with E-state index in [0.29, 0.717) is 28.4 Å². The number of anilines is 1. The van der Waals surface area contributed by atoms with Gasteiger partial charge in [0.2, 0.25) is 5.89 Å². The van der Waals surface area contributed by atoms with E-state index in [2.05, 4.69) is 10.3 Å². The van der Waals surface area contributed by atoms with Crippen LogP contribution in [0.15, 0.2) is 65.1 Å². The maximum absolute atomic E-state index is 12.3. The highest BCUT2D eigenvalue weighted by atomic mass is 16.5. The van der Waals surface area contributed by atoms with E-state index in [1.165, 1.54) is 5.56 Å². The molecule has 1 amide bonds. The third-order valence-corrected chi connectivity index (χ3v) is 4.78. The van der Waals surface area contributed by atoms with Crippen LogP contribution in [0, 0.1) is 20.8 Å². The Balaban J connectivity index is 1.45. The number of rotatable bonds is 5. The van der Waals surface area contributed by atoms with Gasteiger partial charge in [0.05, 0.1) is 0 Å². The molecule has 1 aromatic heterocycles. The molecule has 0 fully saturated rings. The fourth-order valence-corrected chi connectivity index (χ4v) is 3.06. The van der Waals surface area contributed by atoms with Crippen LogP contribution in [0.5, 0.6) is 5.75 Å². The molecule has 29 heavy (non-hydrogen) atoms. The number of carbonyl (C=O) groups is 1. The van der Waals surface area contributed by atoms with Gasteiger partial charge in [-0.15, -0.1) is 0 Å². The van der Waals surface area contributed by atoms with Crippen LogP contribution in [0.1, 0.15) is 16.7 Å². The van der Waals surface area contributed by atoms with E-state index in [0.717, 1.165) is 16.7 Å². The van der Waals surface area contributed by atoms with Crippen LogP contribution in [-0.4, -0.2) is 17.5 Å². The number of ether oxygens (including phenoxy) is 1. The van der Waals surface area contributed by atoms with Crippen molar-refractivity contribution in [1.82, 2.24) is 4.98 Å². The summed E-state index contributed by atoms with van der Waals surface area (Å²) >= 11 is 0. The van der Waals surface area contributed by atoms with Crippen LogP contribution in [0.3, 0.4) is 0 Å². The minimum atomic E-state index is -0.231. The number of aryl methyl sites for hydroxylation is 3. The molecule has 0 aliphatic carbocycles. The Bertz CT molecular complexity index is 1190. The molecule has 146 valence electrons. The van der Waals surface area contributed by atoms with E-state index >= 15 is 0 Å². The standard InChI is InChI=1S/C24H22N2O3/c1-15-5-4-6-18(11-15)24-26-21-13-19(8-10-22(21)29-24)25-23(27)14-28-20-9-7-16(2)17(3)12-20/h4-13H,14H2,1-3H3,(H,25,27). The lowest BCUT2D eigenvalue weighted by molar-refractivity contribution is -0.118. The predicted octanol–water partition coefficient (Wildman–Crippen LogP) is 5.44. The van der Waals surface area contributed by atoms with E-state index < -0.39 is 0 Å². The number of nitrogens with one attached hydrogen (secondary N) is 1. The summed E-state index contributed by atoms with van der Waals surface area (Å²) in [5.74, 6) is 1.01. The molecule has 1 N–H and O–H groups in total. The first-order valence-electron chi connectivity index (χ1n) is 9.45. The van der Waals surface area contributed by atoms with Gasteiger partial charge in [0.15, 0.2) is 12.2 Å². The third-order valence-electron chi connectivity index (χ3n) is 4.78. The van der Waals surface area contributed by atoms with Crippen molar-refractivity contribution in [2.75, 3.05) is 11.9 Å². The van der Waals surface area contributed by atoms with Crippen LogP contribution in [0.4, 0.5) is 5.69 Å². The van der Waals surface area contributed by atoms with Gasteiger partial charge in [-0.25, -0.2) is 4.98 Å². The number of hydrogen-bond donors (Lipinski definition) is 1. The molecule has 0 spiro atoms. The van der Waals surface area contributed by atoms with Crippen LogP contribution >= 0.6 is 0 Å². The van der Waals surface area contributed by atoms with Crippen molar-refractivity contribution in [3.05, 3.63) is 77.4 Å². The highest BCUT2D eigenvalue weighted by molar-refractivity contribution is 5.94. The van der Waals surface area contributed by atoms with Crippen molar-refractivity contribution in [2.45, 2.75) is 20.8 Å². The number of benzene rings is 3. The van der Waals surface area contributed by atoms with Crippen molar-refractivity contribution >= 4 is 22.7 Å². The average Bonchev–Trinajstić information content (AvgIpc) is 3.12. The predicted molar refractivity (Wildman–Crippen MR) is 114 cm³/mol. The molecule has 0 aliphatic rings. The van der Waals surface area contributed by atoms with Gasteiger partial charge < -0.3 is 14.5 Å². The van der Waals surface area contributed by atoms with Gasteiger partial charge >= 0.3 is 0 Å². The van der Waals surface area contributed by atoms with Gasteiger partial charge in [-0.3, -0.25) is 4.79 Å². The second kappa shape index (κ2) is 7.80. The molecule has 0 saturated carbocycles. The van der Waals surface area contributed by atoms with Crippen molar-refractivity contribution in [1.29, 1.82) is 0 Å². The number of hydrogen-bond acceptors (Lipinski definition) is 4. The Labute approximate surface area is 169 Å². The van der Waals surface area contributed by atoms with Crippen LogP contribution in [0.25, 0.3) is 22.6 Å². The quantitative estimate of drug-likeness (QED) is 0.496. The summed E-state index contributed by atoms with van der Waals surface area (Å²) in [6, 6.07) is 19.2. The lowest BCUT2D eigenvalue weighted by Gasteiger charge is -2.09. The summed E-state index contributed by atoms with van der Waals surface area (Å²) in [7, 11) is 0. The van der Waals surface area contributed by atoms with Crippen molar-refractivity contribution in [3.8, 4) is 17.2 Å². The molecule has 0 atom stereocenters. The molecule has 3 aromatic carbocycles. The van der Waals surface area contributed by atoms with Crippen molar-refractivity contribution in [2.24, 2.45) is 0 Å². The summed E-state index contributed by atoms with van der Waals surface area (Å²) in [5, 5.41) is 2.84. The minimum absolute atomic E-state index is 0.0616. The number of nitrogens with zero attached hydrogens (tertiary/aromatic N) is 1. The highest BCUT2D eigenvalue weighted by Crippen LogP contribution is 2.26. The largest absolute Gasteiger partial charge is 0.484 e. The Morgan fingerprint density at radius 1 is 1.00 bits per heavy atom. The van der Waals surface area contributed by atoms with Gasteiger partial charge in [-0.1, -0.05) is 23.8 Å². The average molecular weight is 386 g/mol. The number of oxazole rings is 1. The first kappa shape index (κ1) is 18.7. The highest BCUT2D eigenvalue weighted by Gasteiger charge is 2.11. The summed E-state index contributed by atoms with van der Waals surface area (Å²) in [4.78, 5) is 16.8. The molecule has 0 unspecified atom stereocenters. The smallest absolute Gasteiger partial charge is 0.262 e. The molecule has 0 bridgehead atoms. The van der Waals surface area contributed by atoms with Crippen LogP contribution < -0.4 is 10.1 Å². The zero-order valence-electron chi connectivity index (χ0n) is 16.7. The van der Waals surface area contributed by atoms with Gasteiger partial charge in [-0.2, -0.15) is 0 Å².